The van der Waals surface area contributed by atoms with Crippen molar-refractivity contribution in [1.82, 2.24) is 9.97 Å². The van der Waals surface area contributed by atoms with Gasteiger partial charge in [-0.2, -0.15) is 0 Å². The molecule has 0 aliphatic carbocycles. The number of aromatic nitrogens is 2. The summed E-state index contributed by atoms with van der Waals surface area (Å²) in [5, 5.41) is 1.25. The molecule has 4 rings (SSSR count). The van der Waals surface area contributed by atoms with E-state index >= 15 is 0 Å². The Kier molecular flexibility index (Phi) is 4.53. The Morgan fingerprint density at radius 2 is 1.92 bits per heavy atom. The van der Waals surface area contributed by atoms with E-state index in [1.807, 2.05) is 24.3 Å². The second-order valence-electron chi connectivity index (χ2n) is 5.80. The highest BCUT2D eigenvalue weighted by Gasteiger charge is 2.13. The van der Waals surface area contributed by atoms with Crippen LogP contribution in [0.1, 0.15) is 5.56 Å². The van der Waals surface area contributed by atoms with Gasteiger partial charge in [-0.25, -0.2) is 9.97 Å². The number of hydrogen-bond donors (Lipinski definition) is 1. The van der Waals surface area contributed by atoms with Crippen LogP contribution in [0.25, 0.3) is 20.7 Å². The van der Waals surface area contributed by atoms with Gasteiger partial charge < -0.3 is 10.5 Å². The number of ether oxygens (including phenoxy) is 1. The normalized spacial score (nSPS) is 11.0. The standard InChI is InChI=1S/C20H17N3OS2/c1-12-16-11-15(25-14-5-3-4-13(10-14)24-2)6-7-18(16)26-19(12)17-8-9-22-20(21)23-17/h3-11H,1-2H3,(H2,21,22,23). The molecule has 26 heavy (non-hydrogen) atoms. The van der Waals surface area contributed by atoms with E-state index in [1.165, 1.54) is 20.5 Å². The third kappa shape index (κ3) is 3.25. The zero-order valence-corrected chi connectivity index (χ0v) is 16.0. The van der Waals surface area contributed by atoms with Gasteiger partial charge >= 0.3 is 0 Å². The van der Waals surface area contributed by atoms with Gasteiger partial charge in [0.25, 0.3) is 0 Å². The van der Waals surface area contributed by atoms with E-state index in [0.29, 0.717) is 5.95 Å². The predicted octanol–water partition coefficient (Wildman–Crippen LogP) is 5.41. The molecule has 2 heterocycles. The van der Waals surface area contributed by atoms with Gasteiger partial charge in [0, 0.05) is 20.7 Å². The van der Waals surface area contributed by atoms with Gasteiger partial charge in [0.05, 0.1) is 17.7 Å². The Balaban J connectivity index is 1.72. The molecule has 2 aromatic heterocycles. The highest BCUT2D eigenvalue weighted by molar-refractivity contribution is 7.99. The third-order valence-corrected chi connectivity index (χ3v) is 6.37. The van der Waals surface area contributed by atoms with Crippen LogP contribution in [0.5, 0.6) is 5.75 Å². The van der Waals surface area contributed by atoms with Crippen LogP contribution in [-0.4, -0.2) is 17.1 Å². The van der Waals surface area contributed by atoms with Crippen LogP contribution in [0.15, 0.2) is 64.5 Å². The Bertz CT molecular complexity index is 1090. The number of nitrogens with two attached hydrogens (primary N) is 1. The predicted molar refractivity (Wildman–Crippen MR) is 109 cm³/mol. The number of nitrogens with zero attached hydrogens (tertiary/aromatic N) is 2. The summed E-state index contributed by atoms with van der Waals surface area (Å²) in [6.07, 6.45) is 1.70. The van der Waals surface area contributed by atoms with Crippen molar-refractivity contribution in [3.05, 3.63) is 60.3 Å². The lowest BCUT2D eigenvalue weighted by atomic mass is 10.1. The molecule has 6 heteroatoms. The fraction of sp³-hybridized carbons (Fsp3) is 0.100. The van der Waals surface area contributed by atoms with Crippen molar-refractivity contribution in [2.24, 2.45) is 0 Å². The molecule has 0 fully saturated rings. The molecule has 0 aliphatic rings. The summed E-state index contributed by atoms with van der Waals surface area (Å²) in [4.78, 5) is 11.8. The quantitative estimate of drug-likeness (QED) is 0.514. The summed E-state index contributed by atoms with van der Waals surface area (Å²) in [7, 11) is 1.69. The van der Waals surface area contributed by atoms with Crippen LogP contribution in [0.2, 0.25) is 0 Å². The molecule has 0 amide bonds. The first-order valence-corrected chi connectivity index (χ1v) is 9.71. The Morgan fingerprint density at radius 3 is 2.73 bits per heavy atom. The van der Waals surface area contributed by atoms with E-state index in [2.05, 4.69) is 41.2 Å². The number of fused-ring (bicyclic) bond motifs is 1. The van der Waals surface area contributed by atoms with Gasteiger partial charge in [-0.1, -0.05) is 17.8 Å². The maximum Gasteiger partial charge on any atom is 0.220 e. The molecule has 0 saturated carbocycles. The van der Waals surface area contributed by atoms with Gasteiger partial charge in [-0.15, -0.1) is 11.3 Å². The Hall–Kier alpha value is -2.57. The number of thiophene rings is 1. The van der Waals surface area contributed by atoms with E-state index < -0.39 is 0 Å². The van der Waals surface area contributed by atoms with Crippen LogP contribution in [0.3, 0.4) is 0 Å². The minimum Gasteiger partial charge on any atom is -0.497 e. The van der Waals surface area contributed by atoms with Gasteiger partial charge in [0.1, 0.15) is 5.75 Å². The number of rotatable bonds is 4. The lowest BCUT2D eigenvalue weighted by Crippen LogP contribution is -1.94. The summed E-state index contributed by atoms with van der Waals surface area (Å²) in [6, 6.07) is 16.6. The fourth-order valence-electron chi connectivity index (χ4n) is 2.81. The maximum atomic E-state index is 5.74. The van der Waals surface area contributed by atoms with Crippen molar-refractivity contribution in [2.45, 2.75) is 16.7 Å². The molecule has 0 aliphatic heterocycles. The second-order valence-corrected chi connectivity index (χ2v) is 7.99. The van der Waals surface area contributed by atoms with Crippen molar-refractivity contribution in [3.63, 3.8) is 0 Å². The number of aryl methyl sites for hydroxylation is 1. The van der Waals surface area contributed by atoms with E-state index in [-0.39, 0.29) is 0 Å². The average molecular weight is 380 g/mol. The second kappa shape index (κ2) is 6.97. The smallest absolute Gasteiger partial charge is 0.220 e. The molecule has 2 aromatic carbocycles. The largest absolute Gasteiger partial charge is 0.497 e. The number of methoxy groups -OCH3 is 1. The van der Waals surface area contributed by atoms with E-state index in [1.54, 1.807) is 36.4 Å². The number of benzene rings is 2. The molecular formula is C20H17N3OS2. The third-order valence-electron chi connectivity index (χ3n) is 4.09. The van der Waals surface area contributed by atoms with Crippen LogP contribution >= 0.6 is 23.1 Å². The van der Waals surface area contributed by atoms with Gasteiger partial charge in [0.2, 0.25) is 5.95 Å². The molecule has 2 N–H and O–H groups in total. The van der Waals surface area contributed by atoms with Crippen molar-refractivity contribution < 1.29 is 4.74 Å². The fourth-order valence-corrected chi connectivity index (χ4v) is 4.87. The maximum absolute atomic E-state index is 5.74. The minimum absolute atomic E-state index is 0.300. The van der Waals surface area contributed by atoms with Crippen molar-refractivity contribution >= 4 is 39.1 Å². The van der Waals surface area contributed by atoms with E-state index in [0.717, 1.165) is 21.2 Å². The van der Waals surface area contributed by atoms with Crippen LogP contribution in [-0.2, 0) is 0 Å². The summed E-state index contributed by atoms with van der Waals surface area (Å²) < 4.78 is 6.55. The molecule has 0 unspecified atom stereocenters. The molecule has 0 atom stereocenters. The van der Waals surface area contributed by atoms with Gasteiger partial charge in [0.15, 0.2) is 0 Å². The van der Waals surface area contributed by atoms with Gasteiger partial charge in [-0.3, -0.25) is 0 Å². The first kappa shape index (κ1) is 16.9. The monoisotopic (exact) mass is 379 g/mol. The zero-order valence-electron chi connectivity index (χ0n) is 14.4. The summed E-state index contributed by atoms with van der Waals surface area (Å²) in [5.74, 6) is 1.17. The molecule has 0 saturated heterocycles. The molecule has 4 nitrogen and oxygen atoms in total. The van der Waals surface area contributed by atoms with Crippen LogP contribution < -0.4 is 10.5 Å². The molecule has 130 valence electrons. The Morgan fingerprint density at radius 1 is 1.08 bits per heavy atom. The minimum atomic E-state index is 0.300. The SMILES string of the molecule is COc1cccc(Sc2ccc3sc(-c4ccnc(N)n4)c(C)c3c2)c1. The number of hydrogen-bond acceptors (Lipinski definition) is 6. The van der Waals surface area contributed by atoms with Crippen LogP contribution in [0.4, 0.5) is 5.95 Å². The van der Waals surface area contributed by atoms with Crippen molar-refractivity contribution in [2.75, 3.05) is 12.8 Å². The zero-order chi connectivity index (χ0) is 18.1. The molecule has 0 radical (unpaired) electrons. The van der Waals surface area contributed by atoms with Crippen LogP contribution in [0, 0.1) is 6.92 Å². The number of nitrogen functional groups attached to an aromatic ring is 1. The average Bonchev–Trinajstić information content (AvgIpc) is 2.98. The topological polar surface area (TPSA) is 61.0 Å². The Labute approximate surface area is 160 Å². The highest BCUT2D eigenvalue weighted by atomic mass is 32.2. The molecule has 0 bridgehead atoms. The highest BCUT2D eigenvalue weighted by Crippen LogP contribution is 2.40. The van der Waals surface area contributed by atoms with Crippen molar-refractivity contribution in [3.8, 4) is 16.3 Å². The summed E-state index contributed by atoms with van der Waals surface area (Å²) in [6.45, 7) is 2.13. The first-order valence-electron chi connectivity index (χ1n) is 8.08. The lowest BCUT2D eigenvalue weighted by Gasteiger charge is -2.05. The van der Waals surface area contributed by atoms with E-state index in [4.69, 9.17) is 10.5 Å². The molecule has 4 aromatic rings. The number of anilines is 1. The van der Waals surface area contributed by atoms with Crippen molar-refractivity contribution in [1.29, 1.82) is 0 Å². The summed E-state index contributed by atoms with van der Waals surface area (Å²) in [5.41, 5.74) is 7.83. The first-order chi connectivity index (χ1) is 12.6. The lowest BCUT2D eigenvalue weighted by molar-refractivity contribution is 0.413. The molecular weight excluding hydrogens is 362 g/mol. The molecule has 0 spiro atoms. The summed E-state index contributed by atoms with van der Waals surface area (Å²) >= 11 is 3.46. The van der Waals surface area contributed by atoms with E-state index in [9.17, 15) is 0 Å². The van der Waals surface area contributed by atoms with Gasteiger partial charge in [-0.05, 0) is 60.3 Å².